The molecule has 1 fully saturated rings. The Bertz CT molecular complexity index is 540. The minimum absolute atomic E-state index is 0.265. The lowest BCUT2D eigenvalue weighted by Crippen LogP contribution is -2.31. The van der Waals surface area contributed by atoms with Gasteiger partial charge in [0.15, 0.2) is 0 Å². The summed E-state index contributed by atoms with van der Waals surface area (Å²) in [6.07, 6.45) is 3.21. The van der Waals surface area contributed by atoms with Gasteiger partial charge < -0.3 is 5.11 Å². The van der Waals surface area contributed by atoms with Crippen LogP contribution in [-0.4, -0.2) is 34.2 Å². The lowest BCUT2D eigenvalue weighted by atomic mass is 10.2. The van der Waals surface area contributed by atoms with E-state index in [1.807, 2.05) is 6.07 Å². The summed E-state index contributed by atoms with van der Waals surface area (Å²) < 4.78 is 0. The fraction of sp³-hybridized carbons (Fsp3) is 0.438. The number of likely N-dealkylation sites (tertiary alicyclic amines) is 1. The zero-order valence-corrected chi connectivity index (χ0v) is 12.4. The molecular formula is C16H20N2OS. The summed E-state index contributed by atoms with van der Waals surface area (Å²) in [6.45, 7) is 2.22. The molecule has 2 aromatic rings. The molecule has 4 heteroatoms. The number of nitrogens with zero attached hydrogens (tertiary/aromatic N) is 2. The Balaban J connectivity index is 1.62. The summed E-state index contributed by atoms with van der Waals surface area (Å²) >= 11 is 1.74. The summed E-state index contributed by atoms with van der Waals surface area (Å²) in [4.78, 5) is 7.08. The van der Waals surface area contributed by atoms with Crippen LogP contribution < -0.4 is 0 Å². The van der Waals surface area contributed by atoms with Crippen LogP contribution in [0.25, 0.3) is 0 Å². The molecule has 1 aliphatic rings. The second-order valence-electron chi connectivity index (χ2n) is 5.34. The smallest absolute Gasteiger partial charge is 0.0972 e. The SMILES string of the molecule is OC[C@H]1CCCN1Cc1csc(Cc2ccccc2)n1. The standard InChI is InChI=1S/C16H20N2OS/c19-11-15-7-4-8-18(15)10-14-12-20-16(17-14)9-13-5-2-1-3-6-13/h1-3,5-6,12,15,19H,4,7-11H2/t15-/m1/s1. The van der Waals surface area contributed by atoms with Crippen LogP contribution in [0, 0.1) is 0 Å². The lowest BCUT2D eigenvalue weighted by Gasteiger charge is -2.21. The van der Waals surface area contributed by atoms with Gasteiger partial charge in [-0.1, -0.05) is 30.3 Å². The average molecular weight is 288 g/mol. The predicted octanol–water partition coefficient (Wildman–Crippen LogP) is 2.69. The number of hydrogen-bond donors (Lipinski definition) is 1. The molecular weight excluding hydrogens is 268 g/mol. The van der Waals surface area contributed by atoms with E-state index in [4.69, 9.17) is 4.98 Å². The van der Waals surface area contributed by atoms with E-state index >= 15 is 0 Å². The van der Waals surface area contributed by atoms with Gasteiger partial charge in [-0.05, 0) is 24.9 Å². The molecule has 1 N–H and O–H groups in total. The molecule has 3 nitrogen and oxygen atoms in total. The first kappa shape index (κ1) is 13.7. The molecule has 106 valence electrons. The van der Waals surface area contributed by atoms with E-state index in [0.29, 0.717) is 6.04 Å². The first-order valence-electron chi connectivity index (χ1n) is 7.17. The second-order valence-corrected chi connectivity index (χ2v) is 6.29. The predicted molar refractivity (Wildman–Crippen MR) is 81.9 cm³/mol. The molecule has 0 radical (unpaired) electrons. The van der Waals surface area contributed by atoms with Crippen molar-refractivity contribution >= 4 is 11.3 Å². The van der Waals surface area contributed by atoms with Gasteiger partial charge in [-0.25, -0.2) is 4.98 Å². The van der Waals surface area contributed by atoms with Crippen LogP contribution >= 0.6 is 11.3 Å². The molecule has 1 aromatic carbocycles. The Labute approximate surface area is 123 Å². The highest BCUT2D eigenvalue weighted by molar-refractivity contribution is 7.09. The highest BCUT2D eigenvalue weighted by Gasteiger charge is 2.24. The summed E-state index contributed by atoms with van der Waals surface area (Å²) in [5, 5.41) is 12.7. The molecule has 0 spiro atoms. The minimum atomic E-state index is 0.265. The number of aliphatic hydroxyl groups excluding tert-OH is 1. The molecule has 1 aliphatic heterocycles. The van der Waals surface area contributed by atoms with Crippen molar-refractivity contribution in [1.82, 2.24) is 9.88 Å². The zero-order valence-electron chi connectivity index (χ0n) is 11.5. The molecule has 0 unspecified atom stereocenters. The Hall–Kier alpha value is -1.23. The van der Waals surface area contributed by atoms with Gasteiger partial charge in [0.2, 0.25) is 0 Å². The van der Waals surface area contributed by atoms with Crippen LogP contribution in [0.4, 0.5) is 0 Å². The lowest BCUT2D eigenvalue weighted by molar-refractivity contribution is 0.152. The minimum Gasteiger partial charge on any atom is -0.395 e. The van der Waals surface area contributed by atoms with Crippen molar-refractivity contribution in [2.24, 2.45) is 0 Å². The third kappa shape index (κ3) is 3.26. The normalized spacial score (nSPS) is 19.6. The second kappa shape index (κ2) is 6.48. The van der Waals surface area contributed by atoms with Crippen molar-refractivity contribution in [2.45, 2.75) is 31.8 Å². The molecule has 1 aromatic heterocycles. The van der Waals surface area contributed by atoms with E-state index in [0.717, 1.165) is 31.6 Å². The molecule has 1 atom stereocenters. The van der Waals surface area contributed by atoms with Crippen LogP contribution in [0.5, 0.6) is 0 Å². The third-order valence-corrected chi connectivity index (χ3v) is 4.77. The number of hydrogen-bond acceptors (Lipinski definition) is 4. The quantitative estimate of drug-likeness (QED) is 0.919. The Morgan fingerprint density at radius 3 is 2.95 bits per heavy atom. The van der Waals surface area contributed by atoms with Crippen molar-refractivity contribution in [3.8, 4) is 0 Å². The van der Waals surface area contributed by atoms with E-state index in [9.17, 15) is 5.11 Å². The molecule has 0 aliphatic carbocycles. The van der Waals surface area contributed by atoms with Gasteiger partial charge in [0, 0.05) is 24.4 Å². The summed E-state index contributed by atoms with van der Waals surface area (Å²) in [5.41, 5.74) is 2.45. The third-order valence-electron chi connectivity index (χ3n) is 3.87. The summed E-state index contributed by atoms with van der Waals surface area (Å²) in [6, 6.07) is 10.8. The fourth-order valence-electron chi connectivity index (χ4n) is 2.79. The number of aliphatic hydroxyl groups is 1. The molecule has 1 saturated heterocycles. The van der Waals surface area contributed by atoms with E-state index in [1.54, 1.807) is 11.3 Å². The van der Waals surface area contributed by atoms with Gasteiger partial charge in [0.1, 0.15) is 0 Å². The van der Waals surface area contributed by atoms with Crippen molar-refractivity contribution in [2.75, 3.05) is 13.2 Å². The number of rotatable bonds is 5. The highest BCUT2D eigenvalue weighted by Crippen LogP contribution is 2.21. The van der Waals surface area contributed by atoms with E-state index < -0.39 is 0 Å². The number of aromatic nitrogens is 1. The van der Waals surface area contributed by atoms with Crippen molar-refractivity contribution < 1.29 is 5.11 Å². The van der Waals surface area contributed by atoms with Crippen molar-refractivity contribution in [3.05, 3.63) is 52.0 Å². The largest absolute Gasteiger partial charge is 0.395 e. The van der Waals surface area contributed by atoms with Crippen molar-refractivity contribution in [3.63, 3.8) is 0 Å². The van der Waals surface area contributed by atoms with Crippen molar-refractivity contribution in [1.29, 1.82) is 0 Å². The van der Waals surface area contributed by atoms with Gasteiger partial charge >= 0.3 is 0 Å². The summed E-state index contributed by atoms with van der Waals surface area (Å²) in [5.74, 6) is 0. The molecule has 0 saturated carbocycles. The van der Waals surface area contributed by atoms with Gasteiger partial charge in [-0.15, -0.1) is 11.3 Å². The van der Waals surface area contributed by atoms with Crippen LogP contribution in [0.3, 0.4) is 0 Å². The maximum absolute atomic E-state index is 9.36. The fourth-order valence-corrected chi connectivity index (χ4v) is 3.61. The molecule has 0 amide bonds. The zero-order chi connectivity index (χ0) is 13.8. The van der Waals surface area contributed by atoms with Crippen LogP contribution in [0.2, 0.25) is 0 Å². The molecule has 3 rings (SSSR count). The first-order valence-corrected chi connectivity index (χ1v) is 8.05. The summed E-state index contributed by atoms with van der Waals surface area (Å²) in [7, 11) is 0. The van der Waals surface area contributed by atoms with Crippen LogP contribution in [-0.2, 0) is 13.0 Å². The van der Waals surface area contributed by atoms with Gasteiger partial charge in [-0.3, -0.25) is 4.90 Å². The Morgan fingerprint density at radius 2 is 2.15 bits per heavy atom. The monoisotopic (exact) mass is 288 g/mol. The Kier molecular flexibility index (Phi) is 4.45. The highest BCUT2D eigenvalue weighted by atomic mass is 32.1. The van der Waals surface area contributed by atoms with Gasteiger partial charge in [0.25, 0.3) is 0 Å². The number of benzene rings is 1. The van der Waals surface area contributed by atoms with Gasteiger partial charge in [-0.2, -0.15) is 0 Å². The first-order chi connectivity index (χ1) is 9.85. The van der Waals surface area contributed by atoms with E-state index in [-0.39, 0.29) is 6.61 Å². The van der Waals surface area contributed by atoms with Crippen LogP contribution in [0.15, 0.2) is 35.7 Å². The van der Waals surface area contributed by atoms with E-state index in [2.05, 4.69) is 34.5 Å². The number of thiazole rings is 1. The maximum atomic E-state index is 9.36. The van der Waals surface area contributed by atoms with Crippen LogP contribution in [0.1, 0.15) is 29.1 Å². The molecule has 0 bridgehead atoms. The molecule has 2 heterocycles. The van der Waals surface area contributed by atoms with Gasteiger partial charge in [0.05, 0.1) is 17.3 Å². The topological polar surface area (TPSA) is 36.4 Å². The Morgan fingerprint density at radius 1 is 1.30 bits per heavy atom. The average Bonchev–Trinajstić information content (AvgIpc) is 3.10. The van der Waals surface area contributed by atoms with E-state index in [1.165, 1.54) is 17.0 Å². The molecule has 20 heavy (non-hydrogen) atoms. The maximum Gasteiger partial charge on any atom is 0.0972 e.